The van der Waals surface area contributed by atoms with E-state index in [4.69, 9.17) is 0 Å². The number of carbonyl (C=O) groups is 2. The van der Waals surface area contributed by atoms with Crippen molar-refractivity contribution in [1.29, 1.82) is 0 Å². The van der Waals surface area contributed by atoms with Crippen molar-refractivity contribution in [2.75, 3.05) is 25.6 Å². The number of carboxylic acids is 1. The van der Waals surface area contributed by atoms with Gasteiger partial charge in [0.1, 0.15) is 0 Å². The molecule has 36 heavy (non-hydrogen) atoms. The predicted molar refractivity (Wildman–Crippen MR) is 143 cm³/mol. The molecule has 188 valence electrons. The maximum absolute atomic E-state index is 13.2. The molecule has 1 amide bonds. The SMILES string of the molecule is CSCC[C@H](NC(=O)c1ccc(CN(C)CCC2=CCCCC2)cc1-c1ccccc1C)C(=O)[O-].[Li+]. The van der Waals surface area contributed by atoms with Gasteiger partial charge < -0.3 is 20.1 Å². The van der Waals surface area contributed by atoms with Crippen molar-refractivity contribution in [3.05, 3.63) is 70.8 Å². The number of benzene rings is 2. The molecule has 0 spiro atoms. The molecule has 0 bridgehead atoms. The number of hydrogen-bond acceptors (Lipinski definition) is 5. The predicted octanol–water partition coefficient (Wildman–Crippen LogP) is 1.59. The van der Waals surface area contributed by atoms with Crippen molar-refractivity contribution >= 4 is 23.6 Å². The van der Waals surface area contributed by atoms with Gasteiger partial charge in [-0.05, 0) is 98.9 Å². The van der Waals surface area contributed by atoms with E-state index >= 15 is 0 Å². The number of carbonyl (C=O) groups excluding carboxylic acids is 2. The molecule has 0 fully saturated rings. The zero-order valence-corrected chi connectivity index (χ0v) is 23.0. The minimum Gasteiger partial charge on any atom is -0.548 e. The summed E-state index contributed by atoms with van der Waals surface area (Å²) in [7, 11) is 2.13. The van der Waals surface area contributed by atoms with E-state index < -0.39 is 12.0 Å². The molecule has 2 aromatic rings. The van der Waals surface area contributed by atoms with Crippen LogP contribution in [0.3, 0.4) is 0 Å². The smallest absolute Gasteiger partial charge is 0.548 e. The standard InChI is InChI=1S/C29H38N2O3S.Li/c1-21-9-7-8-12-24(21)26-19-23(20-31(2)17-15-22-10-5-4-6-11-22)13-14-25(26)28(32)30-27(29(33)34)16-18-35-3;/h7-10,12-14,19,27H,4-6,11,15-18,20H2,1-3H3,(H,30,32)(H,33,34);/q;+1/p-1/t27-;/m0./s1. The summed E-state index contributed by atoms with van der Waals surface area (Å²) in [5.74, 6) is -1.01. The second-order valence-corrected chi connectivity index (χ2v) is 10.4. The van der Waals surface area contributed by atoms with Crippen LogP contribution in [0.15, 0.2) is 54.1 Å². The summed E-state index contributed by atoms with van der Waals surface area (Å²) in [6.07, 6.45) is 10.8. The monoisotopic (exact) mass is 500 g/mol. The zero-order valence-electron chi connectivity index (χ0n) is 22.1. The van der Waals surface area contributed by atoms with Crippen molar-refractivity contribution in [2.45, 2.75) is 58.0 Å². The van der Waals surface area contributed by atoms with Gasteiger partial charge in [-0.2, -0.15) is 11.8 Å². The summed E-state index contributed by atoms with van der Waals surface area (Å²) < 4.78 is 0. The molecule has 1 atom stereocenters. The molecular formula is C29H37LiN2O3S. The summed E-state index contributed by atoms with van der Waals surface area (Å²) in [6, 6.07) is 12.8. The van der Waals surface area contributed by atoms with E-state index in [1.807, 2.05) is 49.6 Å². The Hall–Kier alpha value is -1.97. The number of allylic oxidation sites excluding steroid dienone is 1. The average molecular weight is 501 g/mol. The van der Waals surface area contributed by atoms with E-state index in [1.165, 1.54) is 25.7 Å². The van der Waals surface area contributed by atoms with Gasteiger partial charge in [0.05, 0.1) is 12.0 Å². The maximum atomic E-state index is 13.2. The van der Waals surface area contributed by atoms with Crippen molar-refractivity contribution < 1.29 is 33.6 Å². The van der Waals surface area contributed by atoms with E-state index in [-0.39, 0.29) is 24.8 Å². The van der Waals surface area contributed by atoms with Gasteiger partial charge in [0.2, 0.25) is 0 Å². The van der Waals surface area contributed by atoms with E-state index in [0.29, 0.717) is 17.7 Å². The Morgan fingerprint density at radius 3 is 2.58 bits per heavy atom. The van der Waals surface area contributed by atoms with Crippen LogP contribution < -0.4 is 29.3 Å². The van der Waals surface area contributed by atoms with Gasteiger partial charge in [0.25, 0.3) is 5.91 Å². The van der Waals surface area contributed by atoms with Crippen LogP contribution in [0, 0.1) is 6.92 Å². The quantitative estimate of drug-likeness (QED) is 0.354. The number of thioether (sulfide) groups is 1. The Morgan fingerprint density at radius 1 is 1.14 bits per heavy atom. The van der Waals surface area contributed by atoms with Crippen LogP contribution in [0.5, 0.6) is 0 Å². The summed E-state index contributed by atoms with van der Waals surface area (Å²) in [5.41, 5.74) is 6.04. The Morgan fingerprint density at radius 2 is 1.92 bits per heavy atom. The molecule has 0 aliphatic heterocycles. The fraction of sp³-hybridized carbons (Fsp3) is 0.448. The molecule has 7 heteroatoms. The third-order valence-corrected chi connectivity index (χ3v) is 7.26. The second-order valence-electron chi connectivity index (χ2n) is 9.42. The van der Waals surface area contributed by atoms with Crippen molar-refractivity contribution in [3.8, 4) is 11.1 Å². The van der Waals surface area contributed by atoms with Crippen LogP contribution in [0.25, 0.3) is 11.1 Å². The van der Waals surface area contributed by atoms with Crippen molar-refractivity contribution in [1.82, 2.24) is 10.2 Å². The average Bonchev–Trinajstić information content (AvgIpc) is 2.86. The fourth-order valence-electron chi connectivity index (χ4n) is 4.56. The first kappa shape index (κ1) is 30.3. The topological polar surface area (TPSA) is 72.5 Å². The van der Waals surface area contributed by atoms with Gasteiger partial charge in [-0.1, -0.05) is 42.0 Å². The molecule has 1 N–H and O–H groups in total. The Bertz CT molecular complexity index is 1060. The van der Waals surface area contributed by atoms with Crippen LogP contribution >= 0.6 is 11.8 Å². The number of rotatable bonds is 12. The minimum atomic E-state index is -1.25. The summed E-state index contributed by atoms with van der Waals surface area (Å²) in [6.45, 7) is 3.80. The molecule has 1 aliphatic carbocycles. The third-order valence-electron chi connectivity index (χ3n) is 6.62. The van der Waals surface area contributed by atoms with Gasteiger partial charge in [-0.25, -0.2) is 0 Å². The Labute approximate surface area is 232 Å². The van der Waals surface area contributed by atoms with Crippen LogP contribution in [-0.2, 0) is 11.3 Å². The molecule has 0 saturated carbocycles. The first-order valence-electron chi connectivity index (χ1n) is 12.4. The Kier molecular flexibility index (Phi) is 12.9. The van der Waals surface area contributed by atoms with Crippen LogP contribution in [-0.4, -0.2) is 48.4 Å². The van der Waals surface area contributed by atoms with E-state index in [9.17, 15) is 14.7 Å². The number of nitrogens with zero attached hydrogens (tertiary/aromatic N) is 1. The largest absolute Gasteiger partial charge is 1.00 e. The van der Waals surface area contributed by atoms with Gasteiger partial charge >= 0.3 is 18.9 Å². The van der Waals surface area contributed by atoms with Crippen LogP contribution in [0.2, 0.25) is 0 Å². The van der Waals surface area contributed by atoms with E-state index in [2.05, 4.69) is 29.4 Å². The number of hydrogen-bond donors (Lipinski definition) is 1. The zero-order chi connectivity index (χ0) is 25.2. The fourth-order valence-corrected chi connectivity index (χ4v) is 5.03. The molecule has 0 radical (unpaired) electrons. The minimum absolute atomic E-state index is 0. The van der Waals surface area contributed by atoms with Crippen LogP contribution in [0.1, 0.15) is 60.0 Å². The number of aryl methyl sites for hydroxylation is 1. The first-order valence-corrected chi connectivity index (χ1v) is 13.8. The number of nitrogens with one attached hydrogen (secondary N) is 1. The molecular weight excluding hydrogens is 463 g/mol. The molecule has 3 rings (SSSR count). The Balaban J connectivity index is 0.00000456. The summed E-state index contributed by atoms with van der Waals surface area (Å²) >= 11 is 1.54. The second kappa shape index (κ2) is 15.3. The van der Waals surface area contributed by atoms with Gasteiger partial charge in [0, 0.05) is 18.7 Å². The third kappa shape index (κ3) is 8.85. The maximum Gasteiger partial charge on any atom is 1.00 e. The van der Waals surface area contributed by atoms with Crippen LogP contribution in [0.4, 0.5) is 0 Å². The summed E-state index contributed by atoms with van der Waals surface area (Å²) in [4.78, 5) is 27.1. The number of carboxylic acid groups (broad SMARTS) is 1. The number of aliphatic carboxylic acids is 1. The summed E-state index contributed by atoms with van der Waals surface area (Å²) in [5, 5.41) is 14.3. The number of amides is 1. The first-order chi connectivity index (χ1) is 16.9. The molecule has 0 saturated heterocycles. The van der Waals surface area contributed by atoms with Crippen molar-refractivity contribution in [3.63, 3.8) is 0 Å². The van der Waals surface area contributed by atoms with Gasteiger partial charge in [0.15, 0.2) is 0 Å². The molecule has 1 aliphatic rings. The van der Waals surface area contributed by atoms with Gasteiger partial charge in [-0.3, -0.25) is 4.79 Å². The molecule has 0 aromatic heterocycles. The molecule has 0 heterocycles. The van der Waals surface area contributed by atoms with Crippen molar-refractivity contribution in [2.24, 2.45) is 0 Å². The molecule has 0 unspecified atom stereocenters. The van der Waals surface area contributed by atoms with Gasteiger partial charge in [-0.15, -0.1) is 0 Å². The molecule has 2 aromatic carbocycles. The van der Waals surface area contributed by atoms with E-state index in [1.54, 1.807) is 17.3 Å². The van der Waals surface area contributed by atoms with E-state index in [0.717, 1.165) is 41.8 Å². The molecule has 5 nitrogen and oxygen atoms in total. The normalized spacial score (nSPS) is 14.1.